The lowest BCUT2D eigenvalue weighted by molar-refractivity contribution is 0.203. The average molecular weight is 457 g/mol. The van der Waals surface area contributed by atoms with Crippen LogP contribution in [-0.2, 0) is 0 Å². The summed E-state index contributed by atoms with van der Waals surface area (Å²) < 4.78 is 3.25. The number of halogens is 1. The van der Waals surface area contributed by atoms with E-state index in [1.165, 1.54) is 11.1 Å². The lowest BCUT2D eigenvalue weighted by Gasteiger charge is -2.32. The zero-order chi connectivity index (χ0) is 20.7. The number of anilines is 1. The molecule has 6 heteroatoms. The predicted molar refractivity (Wildman–Crippen MR) is 122 cm³/mol. The van der Waals surface area contributed by atoms with Crippen LogP contribution in [0.15, 0.2) is 28.9 Å². The van der Waals surface area contributed by atoms with Crippen LogP contribution < -0.4 is 4.90 Å². The highest BCUT2D eigenvalue weighted by Gasteiger charge is 2.24. The van der Waals surface area contributed by atoms with Gasteiger partial charge in [0.25, 0.3) is 0 Å². The number of benzene rings is 1. The van der Waals surface area contributed by atoms with Crippen LogP contribution in [0.2, 0.25) is 0 Å². The van der Waals surface area contributed by atoms with Crippen LogP contribution in [0.25, 0.3) is 16.7 Å². The van der Waals surface area contributed by atoms with Crippen molar-refractivity contribution in [1.29, 1.82) is 0 Å². The summed E-state index contributed by atoms with van der Waals surface area (Å²) in [4.78, 5) is 12.0. The van der Waals surface area contributed by atoms with Crippen LogP contribution >= 0.6 is 15.9 Å². The van der Waals surface area contributed by atoms with Crippen molar-refractivity contribution in [1.82, 2.24) is 14.5 Å². The second-order valence-corrected chi connectivity index (χ2v) is 9.31. The maximum atomic E-state index is 9.46. The van der Waals surface area contributed by atoms with E-state index in [1.54, 1.807) is 0 Å². The Balaban J connectivity index is 1.82. The van der Waals surface area contributed by atoms with Gasteiger partial charge in [-0.25, -0.2) is 9.97 Å². The summed E-state index contributed by atoms with van der Waals surface area (Å²) in [6.45, 7) is 10.6. The maximum Gasteiger partial charge on any atom is 0.150 e. The number of fused-ring (bicyclic) bond motifs is 1. The van der Waals surface area contributed by atoms with E-state index in [4.69, 9.17) is 9.97 Å². The van der Waals surface area contributed by atoms with Gasteiger partial charge in [-0.15, -0.1) is 0 Å². The standard InChI is InChI=1S/C23H29BrN4O/c1-14(2)18-5-6-20(19(24)11-18)28-12-15(3)21-22(25-16(4)26-23(21)28)27-9-7-17(13-29)8-10-27/h5-6,11-12,14,17,29H,7-10,13H2,1-4H3. The van der Waals surface area contributed by atoms with Crippen molar-refractivity contribution in [3.8, 4) is 5.69 Å². The molecule has 1 aliphatic heterocycles. The van der Waals surface area contributed by atoms with E-state index < -0.39 is 0 Å². The minimum Gasteiger partial charge on any atom is -0.396 e. The van der Waals surface area contributed by atoms with Gasteiger partial charge in [-0.1, -0.05) is 19.9 Å². The molecular formula is C23H29BrN4O. The van der Waals surface area contributed by atoms with Crippen molar-refractivity contribution in [2.45, 2.75) is 46.5 Å². The first-order chi connectivity index (χ1) is 13.9. The summed E-state index contributed by atoms with van der Waals surface area (Å²) in [6.07, 6.45) is 4.17. The molecule has 0 bridgehead atoms. The highest BCUT2D eigenvalue weighted by molar-refractivity contribution is 9.10. The number of hydrogen-bond donors (Lipinski definition) is 1. The molecule has 1 aliphatic rings. The average Bonchev–Trinajstić information content (AvgIpc) is 3.03. The molecule has 0 spiro atoms. The van der Waals surface area contributed by atoms with E-state index in [-0.39, 0.29) is 6.61 Å². The first-order valence-electron chi connectivity index (χ1n) is 10.4. The molecule has 1 saturated heterocycles. The Labute approximate surface area is 180 Å². The molecular weight excluding hydrogens is 428 g/mol. The lowest BCUT2D eigenvalue weighted by Crippen LogP contribution is -2.35. The minimum atomic E-state index is 0.280. The molecule has 0 radical (unpaired) electrons. The van der Waals surface area contributed by atoms with E-state index in [0.29, 0.717) is 11.8 Å². The molecule has 5 nitrogen and oxygen atoms in total. The number of aliphatic hydroxyl groups is 1. The van der Waals surface area contributed by atoms with E-state index >= 15 is 0 Å². The largest absolute Gasteiger partial charge is 0.396 e. The number of aryl methyl sites for hydroxylation is 2. The third-order valence-electron chi connectivity index (χ3n) is 6.00. The first-order valence-corrected chi connectivity index (χ1v) is 11.2. The number of rotatable bonds is 4. The van der Waals surface area contributed by atoms with E-state index in [2.05, 4.69) is 70.6 Å². The van der Waals surface area contributed by atoms with Crippen LogP contribution in [0.4, 0.5) is 5.82 Å². The fourth-order valence-electron chi connectivity index (χ4n) is 4.21. The maximum absolute atomic E-state index is 9.46. The Morgan fingerprint density at radius 3 is 2.52 bits per heavy atom. The zero-order valence-electron chi connectivity index (χ0n) is 17.6. The highest BCUT2D eigenvalue weighted by atomic mass is 79.9. The molecule has 154 valence electrons. The number of nitrogens with zero attached hydrogens (tertiary/aromatic N) is 4. The molecule has 0 unspecified atom stereocenters. The van der Waals surface area contributed by atoms with Gasteiger partial charge in [-0.05, 0) is 77.7 Å². The van der Waals surface area contributed by atoms with Crippen molar-refractivity contribution >= 4 is 32.8 Å². The van der Waals surface area contributed by atoms with Crippen LogP contribution in [0.5, 0.6) is 0 Å². The van der Waals surface area contributed by atoms with Crippen LogP contribution in [0.1, 0.15) is 49.6 Å². The van der Waals surface area contributed by atoms with Crippen LogP contribution in [0, 0.1) is 19.8 Å². The molecule has 0 aliphatic carbocycles. The van der Waals surface area contributed by atoms with Crippen LogP contribution in [-0.4, -0.2) is 39.3 Å². The second kappa shape index (κ2) is 8.07. The van der Waals surface area contributed by atoms with Gasteiger partial charge >= 0.3 is 0 Å². The van der Waals surface area contributed by atoms with Gasteiger partial charge in [0.2, 0.25) is 0 Å². The van der Waals surface area contributed by atoms with Crippen molar-refractivity contribution in [2.75, 3.05) is 24.6 Å². The van der Waals surface area contributed by atoms with Gasteiger partial charge < -0.3 is 10.0 Å². The van der Waals surface area contributed by atoms with E-state index in [1.807, 2.05) is 6.92 Å². The number of hydrogen-bond acceptors (Lipinski definition) is 4. The summed E-state index contributed by atoms with van der Waals surface area (Å²) in [6, 6.07) is 6.57. The van der Waals surface area contributed by atoms with Crippen molar-refractivity contribution < 1.29 is 5.11 Å². The number of aliphatic hydroxyl groups excluding tert-OH is 1. The Morgan fingerprint density at radius 2 is 1.90 bits per heavy atom. The van der Waals surface area contributed by atoms with Gasteiger partial charge in [-0.2, -0.15) is 0 Å². The lowest BCUT2D eigenvalue weighted by atomic mass is 9.98. The topological polar surface area (TPSA) is 54.2 Å². The molecule has 29 heavy (non-hydrogen) atoms. The number of aromatic nitrogens is 3. The monoisotopic (exact) mass is 456 g/mol. The quantitative estimate of drug-likeness (QED) is 0.590. The highest BCUT2D eigenvalue weighted by Crippen LogP contribution is 2.35. The molecule has 0 amide bonds. The van der Waals surface area contributed by atoms with Gasteiger partial charge in [0.15, 0.2) is 5.65 Å². The predicted octanol–water partition coefficient (Wildman–Crippen LogP) is 5.13. The van der Waals surface area contributed by atoms with Gasteiger partial charge in [-0.3, -0.25) is 4.57 Å². The molecule has 1 fully saturated rings. The molecule has 1 aromatic carbocycles. The van der Waals surface area contributed by atoms with Crippen molar-refractivity contribution in [2.24, 2.45) is 5.92 Å². The fraction of sp³-hybridized carbons (Fsp3) is 0.478. The Hall–Kier alpha value is -1.92. The summed E-state index contributed by atoms with van der Waals surface area (Å²) in [5.41, 5.74) is 4.54. The minimum absolute atomic E-state index is 0.280. The third kappa shape index (κ3) is 3.80. The summed E-state index contributed by atoms with van der Waals surface area (Å²) >= 11 is 3.78. The summed E-state index contributed by atoms with van der Waals surface area (Å²) in [7, 11) is 0. The molecule has 2 aromatic heterocycles. The third-order valence-corrected chi connectivity index (χ3v) is 6.63. The van der Waals surface area contributed by atoms with Crippen molar-refractivity contribution in [3.05, 3.63) is 45.8 Å². The Morgan fingerprint density at radius 1 is 1.17 bits per heavy atom. The first kappa shape index (κ1) is 20.4. The normalized spacial score (nSPS) is 15.6. The molecule has 1 N–H and O–H groups in total. The van der Waals surface area contributed by atoms with Crippen molar-refractivity contribution in [3.63, 3.8) is 0 Å². The SMILES string of the molecule is Cc1nc(N2CCC(CO)CC2)c2c(C)cn(-c3ccc(C(C)C)cc3Br)c2n1. The van der Waals surface area contributed by atoms with Gasteiger partial charge in [0, 0.05) is 30.4 Å². The summed E-state index contributed by atoms with van der Waals surface area (Å²) in [5, 5.41) is 10.6. The molecule has 0 saturated carbocycles. The molecule has 3 aromatic rings. The van der Waals surface area contributed by atoms with E-state index in [9.17, 15) is 5.11 Å². The summed E-state index contributed by atoms with van der Waals surface area (Å²) in [5.74, 6) is 2.70. The smallest absolute Gasteiger partial charge is 0.150 e. The van der Waals surface area contributed by atoms with Gasteiger partial charge in [0.1, 0.15) is 11.6 Å². The molecule has 0 atom stereocenters. The van der Waals surface area contributed by atoms with Crippen LogP contribution in [0.3, 0.4) is 0 Å². The zero-order valence-corrected chi connectivity index (χ0v) is 19.2. The molecule has 4 rings (SSSR count). The van der Waals surface area contributed by atoms with Gasteiger partial charge in [0.05, 0.1) is 11.1 Å². The second-order valence-electron chi connectivity index (χ2n) is 8.45. The molecule has 3 heterocycles. The Bertz CT molecular complexity index is 1040. The Kier molecular flexibility index (Phi) is 5.67. The fourth-order valence-corrected chi connectivity index (χ4v) is 4.79. The number of piperidine rings is 1. The van der Waals surface area contributed by atoms with E-state index in [0.717, 1.165) is 58.8 Å².